The monoisotopic (exact) mass is 424 g/mol. The van der Waals surface area contributed by atoms with Crippen molar-refractivity contribution in [2.45, 2.75) is 31.2 Å². The van der Waals surface area contributed by atoms with E-state index in [4.69, 9.17) is 4.74 Å². The molecule has 32 heavy (non-hydrogen) atoms. The van der Waals surface area contributed by atoms with Gasteiger partial charge in [-0.25, -0.2) is 0 Å². The first-order valence-electron chi connectivity index (χ1n) is 11.6. The number of fused-ring (bicyclic) bond motifs is 7. The average molecular weight is 425 g/mol. The van der Waals surface area contributed by atoms with Crippen molar-refractivity contribution in [3.05, 3.63) is 89.5 Å². The maximum Gasteiger partial charge on any atom is 0.255 e. The summed E-state index contributed by atoms with van der Waals surface area (Å²) < 4.78 is 5.39. The molecule has 3 aliphatic rings. The maximum atomic E-state index is 13.1. The number of ether oxygens (including phenoxy) is 1. The topological polar surface area (TPSA) is 50.4 Å². The van der Waals surface area contributed by atoms with Crippen molar-refractivity contribution in [1.82, 2.24) is 0 Å². The molecule has 6 rings (SSSR count). The summed E-state index contributed by atoms with van der Waals surface area (Å²) in [6.07, 6.45) is 3.96. The van der Waals surface area contributed by atoms with Gasteiger partial charge < -0.3 is 15.4 Å². The Morgan fingerprint density at radius 1 is 0.969 bits per heavy atom. The molecule has 3 aromatic carbocycles. The van der Waals surface area contributed by atoms with E-state index in [1.807, 2.05) is 30.3 Å². The number of hydrogen-bond acceptors (Lipinski definition) is 3. The van der Waals surface area contributed by atoms with Crippen LogP contribution in [0.5, 0.6) is 5.75 Å². The Morgan fingerprint density at radius 2 is 1.75 bits per heavy atom. The molecule has 1 amide bonds. The molecule has 5 atom stereocenters. The molecule has 1 heterocycles. The first-order chi connectivity index (χ1) is 15.7. The number of benzene rings is 3. The summed E-state index contributed by atoms with van der Waals surface area (Å²) in [5.74, 6) is 3.18. The lowest BCUT2D eigenvalue weighted by atomic mass is 9.68. The van der Waals surface area contributed by atoms with Crippen LogP contribution in [0.25, 0.3) is 0 Å². The third kappa shape index (κ3) is 3.09. The first-order valence-corrected chi connectivity index (χ1v) is 11.6. The van der Waals surface area contributed by atoms with Crippen LogP contribution >= 0.6 is 0 Å². The molecule has 2 aliphatic carbocycles. The smallest absolute Gasteiger partial charge is 0.255 e. The normalized spacial score (nSPS) is 27.2. The molecule has 0 radical (unpaired) electrons. The van der Waals surface area contributed by atoms with Gasteiger partial charge in [-0.15, -0.1) is 0 Å². The van der Waals surface area contributed by atoms with Gasteiger partial charge in [-0.3, -0.25) is 4.79 Å². The van der Waals surface area contributed by atoms with Gasteiger partial charge in [-0.1, -0.05) is 42.5 Å². The fourth-order valence-electron chi connectivity index (χ4n) is 6.56. The van der Waals surface area contributed by atoms with Crippen LogP contribution in [0, 0.1) is 17.8 Å². The molecule has 3 aromatic rings. The summed E-state index contributed by atoms with van der Waals surface area (Å²) in [6.45, 7) is 0. The minimum absolute atomic E-state index is 0.0952. The van der Waals surface area contributed by atoms with Crippen molar-refractivity contribution in [3.63, 3.8) is 0 Å². The van der Waals surface area contributed by atoms with Crippen LogP contribution in [0.3, 0.4) is 0 Å². The van der Waals surface area contributed by atoms with Crippen molar-refractivity contribution in [1.29, 1.82) is 0 Å². The molecule has 2 fully saturated rings. The Labute approximate surface area is 189 Å². The molecule has 0 unspecified atom stereocenters. The number of amides is 1. The summed E-state index contributed by atoms with van der Waals surface area (Å²) in [7, 11) is 1.62. The SMILES string of the molecule is COc1ccccc1NC(=O)c1ccc2c(c1)[C@@H]1[C@@H]3CC[C@H](C3)[C@@H]1[C@H](c1ccccc1)N2. The molecule has 0 spiro atoms. The second-order valence-electron chi connectivity index (χ2n) is 9.43. The predicted molar refractivity (Wildman–Crippen MR) is 127 cm³/mol. The molecular formula is C28H28N2O2. The van der Waals surface area contributed by atoms with E-state index >= 15 is 0 Å². The van der Waals surface area contributed by atoms with E-state index in [0.717, 1.165) is 11.8 Å². The summed E-state index contributed by atoms with van der Waals surface area (Å²) in [6, 6.07) is 24.9. The van der Waals surface area contributed by atoms with Gasteiger partial charge in [0.2, 0.25) is 0 Å². The van der Waals surface area contributed by atoms with Gasteiger partial charge in [0.15, 0.2) is 0 Å². The average Bonchev–Trinajstić information content (AvgIpc) is 3.47. The number of carbonyl (C=O) groups excluding carboxylic acids is 1. The second kappa shape index (κ2) is 7.70. The fourth-order valence-corrected chi connectivity index (χ4v) is 6.56. The number of para-hydroxylation sites is 2. The van der Waals surface area contributed by atoms with E-state index < -0.39 is 0 Å². The Hall–Kier alpha value is -3.27. The Kier molecular flexibility index (Phi) is 4.67. The van der Waals surface area contributed by atoms with E-state index in [2.05, 4.69) is 53.1 Å². The zero-order valence-electron chi connectivity index (χ0n) is 18.3. The van der Waals surface area contributed by atoms with Crippen molar-refractivity contribution in [2.24, 2.45) is 17.8 Å². The number of hydrogen-bond donors (Lipinski definition) is 2. The molecular weight excluding hydrogens is 396 g/mol. The second-order valence-corrected chi connectivity index (χ2v) is 9.43. The summed E-state index contributed by atoms with van der Waals surface area (Å²) >= 11 is 0. The molecule has 1 aliphatic heterocycles. The van der Waals surface area contributed by atoms with Crippen molar-refractivity contribution < 1.29 is 9.53 Å². The van der Waals surface area contributed by atoms with Crippen LogP contribution in [0.1, 0.15) is 52.7 Å². The standard InChI is InChI=1S/C28H28N2O2/c1-32-24-10-6-5-9-23(24)30-28(31)20-13-14-22-21(16-20)25-18-11-12-19(15-18)26(25)27(29-22)17-7-3-2-4-8-17/h2-10,13-14,16,18-19,25-27,29H,11-12,15H2,1H3,(H,30,31)/t18-,19-,25+,26+,27+/m1/s1. The molecule has 0 saturated heterocycles. The van der Waals surface area contributed by atoms with Crippen LogP contribution in [-0.4, -0.2) is 13.0 Å². The fraction of sp³-hybridized carbons (Fsp3) is 0.321. The maximum absolute atomic E-state index is 13.1. The molecule has 4 heteroatoms. The molecule has 162 valence electrons. The van der Waals surface area contributed by atoms with E-state index in [0.29, 0.717) is 34.9 Å². The highest BCUT2D eigenvalue weighted by molar-refractivity contribution is 6.05. The Balaban J connectivity index is 1.35. The number of anilines is 2. The highest BCUT2D eigenvalue weighted by atomic mass is 16.5. The van der Waals surface area contributed by atoms with E-state index in [9.17, 15) is 4.79 Å². The van der Waals surface area contributed by atoms with Crippen LogP contribution in [0.4, 0.5) is 11.4 Å². The predicted octanol–water partition coefficient (Wildman–Crippen LogP) is 6.24. The van der Waals surface area contributed by atoms with Gasteiger partial charge in [0.25, 0.3) is 5.91 Å². The van der Waals surface area contributed by atoms with Crippen LogP contribution in [0.2, 0.25) is 0 Å². The lowest BCUT2D eigenvalue weighted by Crippen LogP contribution is -2.35. The van der Waals surface area contributed by atoms with Crippen molar-refractivity contribution in [2.75, 3.05) is 17.7 Å². The van der Waals surface area contributed by atoms with Gasteiger partial charge in [0.05, 0.1) is 18.8 Å². The van der Waals surface area contributed by atoms with E-state index in [-0.39, 0.29) is 5.91 Å². The zero-order chi connectivity index (χ0) is 21.7. The van der Waals surface area contributed by atoms with Crippen LogP contribution in [0.15, 0.2) is 72.8 Å². The van der Waals surface area contributed by atoms with E-state index in [1.54, 1.807) is 7.11 Å². The number of methoxy groups -OCH3 is 1. The van der Waals surface area contributed by atoms with Crippen molar-refractivity contribution in [3.8, 4) is 5.75 Å². The highest BCUT2D eigenvalue weighted by Crippen LogP contribution is 2.63. The summed E-state index contributed by atoms with van der Waals surface area (Å²) in [5, 5.41) is 6.88. The number of nitrogens with one attached hydrogen (secondary N) is 2. The molecule has 4 nitrogen and oxygen atoms in total. The van der Waals surface area contributed by atoms with Crippen LogP contribution < -0.4 is 15.4 Å². The Morgan fingerprint density at radius 3 is 2.59 bits per heavy atom. The molecule has 2 saturated carbocycles. The van der Waals surface area contributed by atoms with Gasteiger partial charge in [-0.2, -0.15) is 0 Å². The number of carbonyl (C=O) groups is 1. The minimum Gasteiger partial charge on any atom is -0.495 e. The Bertz CT molecular complexity index is 1160. The highest BCUT2D eigenvalue weighted by Gasteiger charge is 2.53. The van der Waals surface area contributed by atoms with Gasteiger partial charge >= 0.3 is 0 Å². The van der Waals surface area contributed by atoms with Gasteiger partial charge in [-0.05, 0) is 84.4 Å². The molecule has 2 bridgehead atoms. The van der Waals surface area contributed by atoms with Crippen LogP contribution in [-0.2, 0) is 0 Å². The van der Waals surface area contributed by atoms with Crippen molar-refractivity contribution >= 4 is 17.3 Å². The van der Waals surface area contributed by atoms with Gasteiger partial charge in [0.1, 0.15) is 5.75 Å². The van der Waals surface area contributed by atoms with E-state index in [1.165, 1.54) is 36.1 Å². The third-order valence-electron chi connectivity index (χ3n) is 7.86. The summed E-state index contributed by atoms with van der Waals surface area (Å²) in [4.78, 5) is 13.1. The third-order valence-corrected chi connectivity index (χ3v) is 7.86. The zero-order valence-corrected chi connectivity index (χ0v) is 18.3. The largest absolute Gasteiger partial charge is 0.495 e. The lowest BCUT2D eigenvalue weighted by Gasteiger charge is -2.43. The number of rotatable bonds is 4. The quantitative estimate of drug-likeness (QED) is 0.521. The lowest BCUT2D eigenvalue weighted by molar-refractivity contribution is 0.102. The molecule has 0 aromatic heterocycles. The summed E-state index contributed by atoms with van der Waals surface area (Å²) in [5.41, 5.74) is 5.27. The molecule has 2 N–H and O–H groups in total. The minimum atomic E-state index is -0.0952. The first kappa shape index (κ1) is 19.4. The van der Waals surface area contributed by atoms with Gasteiger partial charge in [0, 0.05) is 11.3 Å².